The average Bonchev–Trinajstić information content (AvgIpc) is 3.16. The monoisotopic (exact) mass is 363 g/mol. The van der Waals surface area contributed by atoms with Gasteiger partial charge in [-0.15, -0.1) is 24.8 Å². The Labute approximate surface area is 148 Å². The zero-order chi connectivity index (χ0) is 14.7. The lowest BCUT2D eigenvalue weighted by Crippen LogP contribution is -2.35. The van der Waals surface area contributed by atoms with E-state index < -0.39 is 6.10 Å². The highest BCUT2D eigenvalue weighted by Crippen LogP contribution is 2.15. The van der Waals surface area contributed by atoms with Crippen LogP contribution in [0, 0.1) is 5.92 Å². The predicted octanol–water partition coefficient (Wildman–Crippen LogP) is 0.230. The van der Waals surface area contributed by atoms with Gasteiger partial charge in [0.15, 0.2) is 0 Å². The fourth-order valence-corrected chi connectivity index (χ4v) is 2.79. The highest BCUT2D eigenvalue weighted by Gasteiger charge is 2.25. The second-order valence-corrected chi connectivity index (χ2v) is 5.63. The van der Waals surface area contributed by atoms with Gasteiger partial charge in [0.25, 0.3) is 5.91 Å². The van der Waals surface area contributed by atoms with Gasteiger partial charge in [-0.2, -0.15) is 0 Å². The molecular weight excluding hydrogens is 341 g/mol. The van der Waals surface area contributed by atoms with Crippen molar-refractivity contribution in [2.75, 3.05) is 37.6 Å². The molecule has 2 aliphatic rings. The summed E-state index contributed by atoms with van der Waals surface area (Å²) in [6.07, 6.45) is 3.52. The van der Waals surface area contributed by atoms with Crippen molar-refractivity contribution >= 4 is 36.7 Å². The zero-order valence-electron chi connectivity index (χ0n) is 12.8. The number of β-amino-alcohol motifs (C(OH)–C–C–N with tert-alkyl or cyclic N) is 1. The van der Waals surface area contributed by atoms with Gasteiger partial charge in [-0.1, -0.05) is 0 Å². The molecule has 0 bridgehead atoms. The molecule has 3 N–H and O–H groups in total. The van der Waals surface area contributed by atoms with Crippen molar-refractivity contribution in [3.05, 3.63) is 18.0 Å². The maximum absolute atomic E-state index is 12.2. The Bertz CT molecular complexity index is 514. The van der Waals surface area contributed by atoms with Crippen LogP contribution in [0.5, 0.6) is 0 Å². The molecule has 130 valence electrons. The van der Waals surface area contributed by atoms with Crippen LogP contribution in [0.25, 0.3) is 0 Å². The molecule has 0 radical (unpaired) electrons. The minimum absolute atomic E-state index is 0. The van der Waals surface area contributed by atoms with E-state index in [1.807, 2.05) is 0 Å². The van der Waals surface area contributed by atoms with Crippen LogP contribution in [0.3, 0.4) is 0 Å². The van der Waals surface area contributed by atoms with Gasteiger partial charge in [0, 0.05) is 44.8 Å². The molecule has 1 aromatic rings. The van der Waals surface area contributed by atoms with Gasteiger partial charge in [0.05, 0.1) is 6.10 Å². The number of nitrogens with zero attached hydrogens (tertiary/aromatic N) is 3. The van der Waals surface area contributed by atoms with Crippen LogP contribution < -0.4 is 15.5 Å². The summed E-state index contributed by atoms with van der Waals surface area (Å²) >= 11 is 0. The molecule has 0 aliphatic carbocycles. The van der Waals surface area contributed by atoms with Crippen LogP contribution in [0.15, 0.2) is 12.3 Å². The Morgan fingerprint density at radius 1 is 1.35 bits per heavy atom. The van der Waals surface area contributed by atoms with Crippen molar-refractivity contribution in [1.29, 1.82) is 0 Å². The standard InChI is InChI=1S/C14H21N5O2.2ClH/c20-12-9-15-7-10(12)8-17-13(21)11-3-4-16-14(18-11)19-5-1-2-6-19;;/h3-4,10,12,15,20H,1-2,5-9H2,(H,17,21);2*1H. The lowest BCUT2D eigenvalue weighted by Gasteiger charge is -2.16. The average molecular weight is 364 g/mol. The first-order chi connectivity index (χ1) is 10.2. The molecular formula is C14H23Cl2N5O2. The highest BCUT2D eigenvalue weighted by atomic mass is 35.5. The number of aromatic nitrogens is 2. The van der Waals surface area contributed by atoms with Gasteiger partial charge in [-0.05, 0) is 18.9 Å². The van der Waals surface area contributed by atoms with Gasteiger partial charge >= 0.3 is 0 Å². The number of rotatable bonds is 4. The molecule has 2 aliphatic heterocycles. The maximum atomic E-state index is 12.2. The van der Waals surface area contributed by atoms with Crippen molar-refractivity contribution in [2.24, 2.45) is 5.92 Å². The number of aliphatic hydroxyl groups excluding tert-OH is 1. The lowest BCUT2D eigenvalue weighted by molar-refractivity contribution is 0.0922. The van der Waals surface area contributed by atoms with E-state index in [9.17, 15) is 9.90 Å². The Morgan fingerprint density at radius 2 is 2.09 bits per heavy atom. The second kappa shape index (κ2) is 9.22. The topological polar surface area (TPSA) is 90.4 Å². The SMILES string of the molecule is Cl.Cl.O=C(NCC1CNCC1O)c1ccnc(N2CCCC2)n1. The Morgan fingerprint density at radius 3 is 2.74 bits per heavy atom. The third kappa shape index (κ3) is 4.91. The number of nitrogens with one attached hydrogen (secondary N) is 2. The van der Waals surface area contributed by atoms with Crippen molar-refractivity contribution in [1.82, 2.24) is 20.6 Å². The molecule has 1 aromatic heterocycles. The first-order valence-corrected chi connectivity index (χ1v) is 7.49. The van der Waals surface area contributed by atoms with E-state index in [0.29, 0.717) is 24.7 Å². The van der Waals surface area contributed by atoms with Crippen molar-refractivity contribution in [2.45, 2.75) is 18.9 Å². The molecule has 2 atom stereocenters. The summed E-state index contributed by atoms with van der Waals surface area (Å²) in [4.78, 5) is 22.8. The summed E-state index contributed by atoms with van der Waals surface area (Å²) in [5.74, 6) is 0.480. The fourth-order valence-electron chi connectivity index (χ4n) is 2.79. The number of halogens is 2. The fraction of sp³-hybridized carbons (Fsp3) is 0.643. The van der Waals surface area contributed by atoms with E-state index in [2.05, 4.69) is 25.5 Å². The smallest absolute Gasteiger partial charge is 0.270 e. The summed E-state index contributed by atoms with van der Waals surface area (Å²) in [5.41, 5.74) is 0.382. The van der Waals surface area contributed by atoms with E-state index in [0.717, 1.165) is 32.5 Å². The molecule has 3 heterocycles. The summed E-state index contributed by atoms with van der Waals surface area (Å²) in [5, 5.41) is 15.7. The molecule has 2 unspecified atom stereocenters. The molecule has 7 nitrogen and oxygen atoms in total. The van der Waals surface area contributed by atoms with E-state index in [1.165, 1.54) is 0 Å². The van der Waals surface area contributed by atoms with Crippen LogP contribution >= 0.6 is 24.8 Å². The number of aliphatic hydroxyl groups is 1. The number of carbonyl (C=O) groups excluding carboxylic acids is 1. The lowest BCUT2D eigenvalue weighted by atomic mass is 10.1. The van der Waals surface area contributed by atoms with Gasteiger partial charge < -0.3 is 20.6 Å². The maximum Gasteiger partial charge on any atom is 0.270 e. The molecule has 0 saturated carbocycles. The molecule has 9 heteroatoms. The second-order valence-electron chi connectivity index (χ2n) is 5.63. The third-order valence-electron chi connectivity index (χ3n) is 4.09. The Balaban J connectivity index is 0.00000132. The first-order valence-electron chi connectivity index (χ1n) is 7.49. The van der Waals surface area contributed by atoms with E-state index in [1.54, 1.807) is 12.3 Å². The van der Waals surface area contributed by atoms with E-state index in [4.69, 9.17) is 0 Å². The number of anilines is 1. The first kappa shape index (κ1) is 19.9. The van der Waals surface area contributed by atoms with Crippen LogP contribution in [0.4, 0.5) is 5.95 Å². The van der Waals surface area contributed by atoms with Gasteiger partial charge in [0.1, 0.15) is 5.69 Å². The van der Waals surface area contributed by atoms with Crippen molar-refractivity contribution < 1.29 is 9.90 Å². The minimum atomic E-state index is -0.393. The zero-order valence-corrected chi connectivity index (χ0v) is 14.4. The summed E-state index contributed by atoms with van der Waals surface area (Å²) in [6, 6.07) is 1.62. The molecule has 23 heavy (non-hydrogen) atoms. The number of amides is 1. The minimum Gasteiger partial charge on any atom is -0.391 e. The summed E-state index contributed by atoms with van der Waals surface area (Å²) in [6.45, 7) is 3.67. The Hall–Kier alpha value is -1.15. The number of hydrogen-bond donors (Lipinski definition) is 3. The van der Waals surface area contributed by atoms with Crippen molar-refractivity contribution in [3.8, 4) is 0 Å². The third-order valence-corrected chi connectivity index (χ3v) is 4.09. The molecule has 1 amide bonds. The number of carbonyl (C=O) groups is 1. The molecule has 2 fully saturated rings. The van der Waals surface area contributed by atoms with Gasteiger partial charge in [-0.25, -0.2) is 9.97 Å². The normalized spacial score (nSPS) is 23.1. The molecule has 0 aromatic carbocycles. The quantitative estimate of drug-likeness (QED) is 0.709. The van der Waals surface area contributed by atoms with Gasteiger partial charge in [0.2, 0.25) is 5.95 Å². The van der Waals surface area contributed by atoms with Crippen LogP contribution in [0.2, 0.25) is 0 Å². The molecule has 2 saturated heterocycles. The van der Waals surface area contributed by atoms with E-state index in [-0.39, 0.29) is 36.6 Å². The summed E-state index contributed by atoms with van der Waals surface area (Å²) in [7, 11) is 0. The van der Waals surface area contributed by atoms with Crippen LogP contribution in [0.1, 0.15) is 23.3 Å². The predicted molar refractivity (Wildman–Crippen MR) is 92.7 cm³/mol. The van der Waals surface area contributed by atoms with Crippen molar-refractivity contribution in [3.63, 3.8) is 0 Å². The van der Waals surface area contributed by atoms with Crippen LogP contribution in [-0.2, 0) is 0 Å². The largest absolute Gasteiger partial charge is 0.391 e. The van der Waals surface area contributed by atoms with Crippen LogP contribution in [-0.4, -0.2) is 59.8 Å². The number of hydrogen-bond acceptors (Lipinski definition) is 6. The highest BCUT2D eigenvalue weighted by molar-refractivity contribution is 5.92. The molecule has 0 spiro atoms. The van der Waals surface area contributed by atoms with Gasteiger partial charge in [-0.3, -0.25) is 4.79 Å². The molecule has 3 rings (SSSR count). The van der Waals surface area contributed by atoms with E-state index >= 15 is 0 Å². The Kier molecular flexibility index (Phi) is 7.98. The summed E-state index contributed by atoms with van der Waals surface area (Å²) < 4.78 is 0.